The van der Waals surface area contributed by atoms with Crippen LogP contribution in [-0.4, -0.2) is 31.2 Å². The fourth-order valence-corrected chi connectivity index (χ4v) is 1.96. The highest BCUT2D eigenvalue weighted by atomic mass is 35.5. The molecule has 0 bridgehead atoms. The summed E-state index contributed by atoms with van der Waals surface area (Å²) in [5, 5.41) is 11.0. The molecule has 0 aliphatic carbocycles. The van der Waals surface area contributed by atoms with Crippen molar-refractivity contribution in [2.24, 2.45) is 0 Å². The minimum atomic E-state index is -0.449. The number of non-ortho nitro benzene ring substituents is 1. The van der Waals surface area contributed by atoms with Crippen LogP contribution in [0.1, 0.15) is 0 Å². The van der Waals surface area contributed by atoms with Crippen molar-refractivity contribution in [3.8, 4) is 0 Å². The number of hydrogen-bond donors (Lipinski definition) is 0. The summed E-state index contributed by atoms with van der Waals surface area (Å²) >= 11 is 6.02. The molecule has 1 aromatic carbocycles. The molecule has 1 aliphatic heterocycles. The van der Waals surface area contributed by atoms with Crippen LogP contribution in [0.15, 0.2) is 18.2 Å². The van der Waals surface area contributed by atoms with Gasteiger partial charge in [-0.2, -0.15) is 13.5 Å². The van der Waals surface area contributed by atoms with Crippen LogP contribution in [0.4, 0.5) is 11.4 Å². The van der Waals surface area contributed by atoms with E-state index in [1.165, 1.54) is 12.1 Å². The van der Waals surface area contributed by atoms with Crippen molar-refractivity contribution < 1.29 is 9.66 Å². The SMILES string of the molecule is O=[N+]([O-])c1ccc(N2CCOCC2)c(Cl)c1.S. The van der Waals surface area contributed by atoms with E-state index in [1.807, 2.05) is 0 Å². The Kier molecular flexibility index (Phi) is 5.04. The zero-order valence-corrected chi connectivity index (χ0v) is 10.8. The Morgan fingerprint density at radius 1 is 1.35 bits per heavy atom. The highest BCUT2D eigenvalue weighted by molar-refractivity contribution is 7.59. The molecule has 1 aromatic rings. The van der Waals surface area contributed by atoms with Crippen LogP contribution >= 0.6 is 25.1 Å². The number of halogens is 1. The lowest BCUT2D eigenvalue weighted by molar-refractivity contribution is -0.384. The van der Waals surface area contributed by atoms with Gasteiger partial charge in [-0.25, -0.2) is 0 Å². The second kappa shape index (κ2) is 6.09. The molecule has 1 aliphatic rings. The molecule has 5 nitrogen and oxygen atoms in total. The molecule has 0 aromatic heterocycles. The minimum absolute atomic E-state index is 0. The lowest BCUT2D eigenvalue weighted by Crippen LogP contribution is -2.36. The molecule has 94 valence electrons. The number of nitro groups is 1. The van der Waals surface area contributed by atoms with Crippen LogP contribution < -0.4 is 4.90 Å². The molecule has 1 heterocycles. The number of ether oxygens (including phenoxy) is 1. The van der Waals surface area contributed by atoms with Gasteiger partial charge in [0.2, 0.25) is 0 Å². The third-order valence-electron chi connectivity index (χ3n) is 2.49. The molecular weight excluding hydrogens is 264 g/mol. The first-order valence-corrected chi connectivity index (χ1v) is 5.33. The van der Waals surface area contributed by atoms with Crippen molar-refractivity contribution >= 4 is 36.5 Å². The van der Waals surface area contributed by atoms with Crippen molar-refractivity contribution in [3.05, 3.63) is 33.3 Å². The number of rotatable bonds is 2. The van der Waals surface area contributed by atoms with Crippen LogP contribution in [0.3, 0.4) is 0 Å². The second-order valence-electron chi connectivity index (χ2n) is 3.49. The van der Waals surface area contributed by atoms with Gasteiger partial charge in [0.25, 0.3) is 5.69 Å². The molecule has 0 atom stereocenters. The van der Waals surface area contributed by atoms with Gasteiger partial charge in [0, 0.05) is 25.2 Å². The van der Waals surface area contributed by atoms with E-state index < -0.39 is 4.92 Å². The van der Waals surface area contributed by atoms with Gasteiger partial charge in [0.15, 0.2) is 0 Å². The van der Waals surface area contributed by atoms with Gasteiger partial charge >= 0.3 is 0 Å². The number of anilines is 1. The van der Waals surface area contributed by atoms with Crippen molar-refractivity contribution in [2.45, 2.75) is 0 Å². The molecule has 0 unspecified atom stereocenters. The number of nitro benzene ring substituents is 1. The average Bonchev–Trinajstić information content (AvgIpc) is 2.30. The molecule has 0 saturated carbocycles. The molecular formula is C10H13ClN2O3S. The Hall–Kier alpha value is -0.980. The maximum absolute atomic E-state index is 10.6. The molecule has 0 spiro atoms. The van der Waals surface area contributed by atoms with Gasteiger partial charge in [0.05, 0.1) is 28.8 Å². The predicted octanol–water partition coefficient (Wildman–Crippen LogP) is 2.20. The van der Waals surface area contributed by atoms with Gasteiger partial charge in [0.1, 0.15) is 0 Å². The summed E-state index contributed by atoms with van der Waals surface area (Å²) in [4.78, 5) is 12.2. The summed E-state index contributed by atoms with van der Waals surface area (Å²) in [6, 6.07) is 4.54. The zero-order valence-electron chi connectivity index (χ0n) is 9.06. The predicted molar refractivity (Wildman–Crippen MR) is 71.5 cm³/mol. The number of benzene rings is 1. The molecule has 17 heavy (non-hydrogen) atoms. The minimum Gasteiger partial charge on any atom is -0.378 e. The lowest BCUT2D eigenvalue weighted by atomic mass is 10.2. The topological polar surface area (TPSA) is 55.6 Å². The Morgan fingerprint density at radius 2 is 2.00 bits per heavy atom. The first-order chi connectivity index (χ1) is 7.68. The van der Waals surface area contributed by atoms with E-state index in [4.69, 9.17) is 16.3 Å². The first kappa shape index (κ1) is 14.1. The third kappa shape index (κ3) is 3.24. The van der Waals surface area contributed by atoms with Crippen LogP contribution in [0.5, 0.6) is 0 Å². The van der Waals surface area contributed by atoms with Gasteiger partial charge < -0.3 is 9.64 Å². The summed E-state index contributed by atoms with van der Waals surface area (Å²) in [5.74, 6) is 0. The Balaban J connectivity index is 0.00000144. The summed E-state index contributed by atoms with van der Waals surface area (Å²) in [6.07, 6.45) is 0. The van der Waals surface area contributed by atoms with Crippen LogP contribution in [-0.2, 0) is 4.74 Å². The van der Waals surface area contributed by atoms with Crippen molar-refractivity contribution in [3.63, 3.8) is 0 Å². The fourth-order valence-electron chi connectivity index (χ4n) is 1.67. The van der Waals surface area contributed by atoms with E-state index in [9.17, 15) is 10.1 Å². The van der Waals surface area contributed by atoms with E-state index in [0.29, 0.717) is 18.2 Å². The van der Waals surface area contributed by atoms with Crippen molar-refractivity contribution in [1.82, 2.24) is 0 Å². The highest BCUT2D eigenvalue weighted by Gasteiger charge is 2.16. The van der Waals surface area contributed by atoms with Crippen LogP contribution in [0, 0.1) is 10.1 Å². The van der Waals surface area contributed by atoms with E-state index in [2.05, 4.69) is 4.90 Å². The standard InChI is InChI=1S/C10H11ClN2O3.H2S/c11-9-7-8(13(14)15)1-2-10(9)12-3-5-16-6-4-12;/h1-2,7H,3-6H2;1H2. The van der Waals surface area contributed by atoms with Gasteiger partial charge in [-0.05, 0) is 6.07 Å². The van der Waals surface area contributed by atoms with E-state index >= 15 is 0 Å². The molecule has 7 heteroatoms. The van der Waals surface area contributed by atoms with Gasteiger partial charge in [-0.1, -0.05) is 11.6 Å². The van der Waals surface area contributed by atoms with Gasteiger partial charge in [-0.3, -0.25) is 10.1 Å². The van der Waals surface area contributed by atoms with Crippen LogP contribution in [0.25, 0.3) is 0 Å². The molecule has 0 N–H and O–H groups in total. The lowest BCUT2D eigenvalue weighted by Gasteiger charge is -2.29. The Morgan fingerprint density at radius 3 is 2.53 bits per heavy atom. The summed E-state index contributed by atoms with van der Waals surface area (Å²) in [5.41, 5.74) is 0.845. The maximum atomic E-state index is 10.6. The Labute approximate surface area is 111 Å². The van der Waals surface area contributed by atoms with Crippen molar-refractivity contribution in [2.75, 3.05) is 31.2 Å². The molecule has 0 radical (unpaired) electrons. The van der Waals surface area contributed by atoms with Crippen LogP contribution in [0.2, 0.25) is 5.02 Å². The zero-order chi connectivity index (χ0) is 11.5. The smallest absolute Gasteiger partial charge is 0.271 e. The largest absolute Gasteiger partial charge is 0.378 e. The number of morpholine rings is 1. The van der Waals surface area contributed by atoms with E-state index in [0.717, 1.165) is 18.8 Å². The molecule has 1 saturated heterocycles. The number of hydrogen-bond acceptors (Lipinski definition) is 4. The van der Waals surface area contributed by atoms with Crippen molar-refractivity contribution in [1.29, 1.82) is 0 Å². The summed E-state index contributed by atoms with van der Waals surface area (Å²) < 4.78 is 5.23. The summed E-state index contributed by atoms with van der Waals surface area (Å²) in [7, 11) is 0. The number of nitrogens with zero attached hydrogens (tertiary/aromatic N) is 2. The third-order valence-corrected chi connectivity index (χ3v) is 2.80. The second-order valence-corrected chi connectivity index (χ2v) is 3.90. The quantitative estimate of drug-likeness (QED) is 0.614. The van der Waals surface area contributed by atoms with Gasteiger partial charge in [-0.15, -0.1) is 0 Å². The van der Waals surface area contributed by atoms with E-state index in [1.54, 1.807) is 6.07 Å². The first-order valence-electron chi connectivity index (χ1n) is 4.95. The molecule has 2 rings (SSSR count). The highest BCUT2D eigenvalue weighted by Crippen LogP contribution is 2.30. The molecule has 0 amide bonds. The molecule has 1 fully saturated rings. The summed E-state index contributed by atoms with van der Waals surface area (Å²) in [6.45, 7) is 2.84. The van der Waals surface area contributed by atoms with E-state index in [-0.39, 0.29) is 19.2 Å². The Bertz CT molecular complexity index is 411. The normalized spacial score (nSPS) is 15.2. The maximum Gasteiger partial charge on any atom is 0.271 e. The monoisotopic (exact) mass is 276 g/mol. The average molecular weight is 277 g/mol. The fraction of sp³-hybridized carbons (Fsp3) is 0.400.